The number of hydrogen-bond acceptors (Lipinski definition) is 4. The van der Waals surface area contributed by atoms with E-state index in [0.717, 1.165) is 44.1 Å². The van der Waals surface area contributed by atoms with E-state index in [-0.39, 0.29) is 22.9 Å². The zero-order valence-electron chi connectivity index (χ0n) is 17.0. The average molecular weight is 402 g/mol. The van der Waals surface area contributed by atoms with Gasteiger partial charge < -0.3 is 4.90 Å². The molecular formula is C24H26N4O2. The lowest BCUT2D eigenvalue weighted by atomic mass is 9.77. The van der Waals surface area contributed by atoms with Crippen LogP contribution < -0.4 is 5.56 Å². The molecule has 1 aromatic heterocycles. The molecule has 1 amide bonds. The van der Waals surface area contributed by atoms with E-state index in [1.807, 2.05) is 35.2 Å². The number of nitrogens with zero attached hydrogens (tertiary/aromatic N) is 4. The highest BCUT2D eigenvalue weighted by Crippen LogP contribution is 2.43. The Morgan fingerprint density at radius 2 is 1.60 bits per heavy atom. The van der Waals surface area contributed by atoms with Gasteiger partial charge in [0, 0.05) is 13.1 Å². The number of rotatable bonds is 3. The van der Waals surface area contributed by atoms with E-state index in [4.69, 9.17) is 0 Å². The summed E-state index contributed by atoms with van der Waals surface area (Å²) in [6.07, 6.45) is 5.49. The molecule has 1 aliphatic carbocycles. The van der Waals surface area contributed by atoms with Crippen LogP contribution in [0.25, 0.3) is 10.9 Å². The van der Waals surface area contributed by atoms with E-state index in [9.17, 15) is 9.59 Å². The Hall–Kier alpha value is -3.02. The number of hydrogen-bond donors (Lipinski definition) is 0. The maximum Gasteiger partial charge on any atom is 0.277 e. The van der Waals surface area contributed by atoms with Crippen LogP contribution in [-0.4, -0.2) is 38.9 Å². The second-order valence-corrected chi connectivity index (χ2v) is 8.53. The van der Waals surface area contributed by atoms with E-state index in [2.05, 4.69) is 22.4 Å². The fourth-order valence-corrected chi connectivity index (χ4v) is 5.22. The Morgan fingerprint density at radius 1 is 0.933 bits per heavy atom. The van der Waals surface area contributed by atoms with Crippen molar-refractivity contribution in [3.8, 4) is 0 Å². The van der Waals surface area contributed by atoms with Gasteiger partial charge >= 0.3 is 0 Å². The molecule has 2 aliphatic rings. The van der Waals surface area contributed by atoms with Crippen LogP contribution in [0.15, 0.2) is 59.4 Å². The van der Waals surface area contributed by atoms with Gasteiger partial charge in [0.1, 0.15) is 5.52 Å². The number of piperidine rings is 1. The Morgan fingerprint density at radius 3 is 2.33 bits per heavy atom. The molecule has 0 spiro atoms. The molecule has 6 nitrogen and oxygen atoms in total. The van der Waals surface area contributed by atoms with Crippen molar-refractivity contribution in [1.29, 1.82) is 0 Å². The molecule has 2 fully saturated rings. The van der Waals surface area contributed by atoms with Gasteiger partial charge in [0.15, 0.2) is 0 Å². The predicted molar refractivity (Wildman–Crippen MR) is 115 cm³/mol. The highest BCUT2D eigenvalue weighted by molar-refractivity contribution is 5.88. The second-order valence-electron chi connectivity index (χ2n) is 8.53. The zero-order chi connectivity index (χ0) is 20.6. The molecule has 0 atom stereocenters. The van der Waals surface area contributed by atoms with E-state index in [1.54, 1.807) is 12.1 Å². The van der Waals surface area contributed by atoms with E-state index in [1.165, 1.54) is 4.68 Å². The summed E-state index contributed by atoms with van der Waals surface area (Å²) >= 11 is 0. The van der Waals surface area contributed by atoms with Gasteiger partial charge in [0.25, 0.3) is 5.56 Å². The van der Waals surface area contributed by atoms with Crippen molar-refractivity contribution >= 4 is 16.8 Å². The molecule has 0 bridgehead atoms. The second kappa shape index (κ2) is 7.67. The molecule has 2 aromatic carbocycles. The molecule has 1 saturated carbocycles. The van der Waals surface area contributed by atoms with Gasteiger partial charge in [-0.1, -0.05) is 60.5 Å². The first-order valence-electron chi connectivity index (χ1n) is 10.9. The van der Waals surface area contributed by atoms with Crippen molar-refractivity contribution < 1.29 is 4.79 Å². The highest BCUT2D eigenvalue weighted by Gasteiger charge is 2.45. The predicted octanol–water partition coefficient (Wildman–Crippen LogP) is 3.47. The topological polar surface area (TPSA) is 68.1 Å². The number of carbonyl (C=O) groups is 1. The first-order chi connectivity index (χ1) is 14.7. The standard InChI is InChI=1S/C24H26N4O2/c29-22-20-10-4-5-11-21(20)25-26-28(22)19-12-16-27(17-13-19)23(30)24(14-6-7-15-24)18-8-2-1-3-9-18/h1-5,8-11,19H,6-7,12-17H2. The summed E-state index contributed by atoms with van der Waals surface area (Å²) in [6, 6.07) is 17.5. The largest absolute Gasteiger partial charge is 0.342 e. The monoisotopic (exact) mass is 402 g/mol. The summed E-state index contributed by atoms with van der Waals surface area (Å²) in [6.45, 7) is 1.30. The third-order valence-corrected chi connectivity index (χ3v) is 6.88. The van der Waals surface area contributed by atoms with Crippen molar-refractivity contribution in [1.82, 2.24) is 19.9 Å². The summed E-state index contributed by atoms with van der Waals surface area (Å²) in [5, 5.41) is 9.00. The van der Waals surface area contributed by atoms with Crippen molar-refractivity contribution in [3.05, 3.63) is 70.5 Å². The Kier molecular flexibility index (Phi) is 4.85. The number of benzene rings is 2. The first kappa shape index (κ1) is 19.0. The lowest BCUT2D eigenvalue weighted by Gasteiger charge is -2.38. The number of likely N-dealkylation sites (tertiary alicyclic amines) is 1. The van der Waals surface area contributed by atoms with Crippen LogP contribution >= 0.6 is 0 Å². The number of carbonyl (C=O) groups excluding carboxylic acids is 1. The molecule has 3 aromatic rings. The van der Waals surface area contributed by atoms with Crippen LogP contribution in [0.2, 0.25) is 0 Å². The molecule has 1 aliphatic heterocycles. The number of aromatic nitrogens is 3. The Labute approximate surface area is 175 Å². The van der Waals surface area contributed by atoms with Crippen LogP contribution in [0.4, 0.5) is 0 Å². The maximum absolute atomic E-state index is 13.6. The molecule has 0 N–H and O–H groups in total. The number of fused-ring (bicyclic) bond motifs is 1. The molecule has 154 valence electrons. The van der Waals surface area contributed by atoms with Crippen molar-refractivity contribution in [3.63, 3.8) is 0 Å². The van der Waals surface area contributed by atoms with Crippen molar-refractivity contribution in [2.75, 3.05) is 13.1 Å². The van der Waals surface area contributed by atoms with Crippen LogP contribution in [0.3, 0.4) is 0 Å². The molecule has 5 rings (SSSR count). The number of amides is 1. The fourth-order valence-electron chi connectivity index (χ4n) is 5.22. The van der Waals surface area contributed by atoms with Gasteiger partial charge in [-0.05, 0) is 43.4 Å². The van der Waals surface area contributed by atoms with Gasteiger partial charge in [0.2, 0.25) is 5.91 Å². The maximum atomic E-state index is 13.6. The van der Waals surface area contributed by atoms with Gasteiger partial charge in [-0.3, -0.25) is 9.59 Å². The van der Waals surface area contributed by atoms with Crippen LogP contribution in [-0.2, 0) is 10.2 Å². The minimum atomic E-state index is -0.381. The van der Waals surface area contributed by atoms with Gasteiger partial charge in [-0.2, -0.15) is 0 Å². The van der Waals surface area contributed by atoms with Crippen LogP contribution in [0.5, 0.6) is 0 Å². The third kappa shape index (κ3) is 3.11. The summed E-state index contributed by atoms with van der Waals surface area (Å²) in [4.78, 5) is 28.5. The normalized spacial score (nSPS) is 19.3. The summed E-state index contributed by atoms with van der Waals surface area (Å²) in [5.41, 5.74) is 1.29. The summed E-state index contributed by atoms with van der Waals surface area (Å²) in [5.74, 6) is 0.251. The Bertz CT molecular complexity index is 1110. The molecule has 1 saturated heterocycles. The van der Waals surface area contributed by atoms with Crippen LogP contribution in [0.1, 0.15) is 50.1 Å². The fraction of sp³-hybridized carbons (Fsp3) is 0.417. The third-order valence-electron chi connectivity index (χ3n) is 6.88. The van der Waals surface area contributed by atoms with Crippen molar-refractivity contribution in [2.45, 2.75) is 50.0 Å². The average Bonchev–Trinajstić information content (AvgIpc) is 3.31. The molecule has 2 heterocycles. The van der Waals surface area contributed by atoms with Gasteiger partial charge in [-0.15, -0.1) is 5.10 Å². The molecule has 0 radical (unpaired) electrons. The van der Waals surface area contributed by atoms with Crippen LogP contribution in [0, 0.1) is 0 Å². The van der Waals surface area contributed by atoms with E-state index >= 15 is 0 Å². The minimum absolute atomic E-state index is 0.0186. The molecule has 0 unspecified atom stereocenters. The minimum Gasteiger partial charge on any atom is -0.342 e. The lowest BCUT2D eigenvalue weighted by molar-refractivity contribution is -0.138. The molecule has 6 heteroatoms. The van der Waals surface area contributed by atoms with E-state index in [0.29, 0.717) is 24.0 Å². The quantitative estimate of drug-likeness (QED) is 0.673. The van der Waals surface area contributed by atoms with Gasteiger partial charge in [-0.25, -0.2) is 4.68 Å². The zero-order valence-corrected chi connectivity index (χ0v) is 17.0. The first-order valence-corrected chi connectivity index (χ1v) is 10.9. The SMILES string of the molecule is O=C(N1CCC(n2nnc3ccccc3c2=O)CC1)C1(c2ccccc2)CCCC1. The van der Waals surface area contributed by atoms with Gasteiger partial charge in [0.05, 0.1) is 16.8 Å². The molecular weight excluding hydrogens is 376 g/mol. The summed E-state index contributed by atoms with van der Waals surface area (Å²) in [7, 11) is 0. The lowest BCUT2D eigenvalue weighted by Crippen LogP contribution is -2.49. The molecule has 30 heavy (non-hydrogen) atoms. The van der Waals surface area contributed by atoms with E-state index < -0.39 is 0 Å². The van der Waals surface area contributed by atoms with Crippen molar-refractivity contribution in [2.24, 2.45) is 0 Å². The summed E-state index contributed by atoms with van der Waals surface area (Å²) < 4.78 is 1.52. The highest BCUT2D eigenvalue weighted by atomic mass is 16.2. The Balaban J connectivity index is 1.35. The smallest absolute Gasteiger partial charge is 0.277 e.